The Balaban J connectivity index is 3.22. The van der Waals surface area contributed by atoms with Crippen LogP contribution in [0.2, 0.25) is 0 Å². The molecule has 0 spiro atoms. The first kappa shape index (κ1) is 24.1. The summed E-state index contributed by atoms with van der Waals surface area (Å²) >= 11 is 0. The van der Waals surface area contributed by atoms with Crippen LogP contribution in [0.15, 0.2) is 12.2 Å². The Morgan fingerprint density at radius 1 is 0.880 bits per heavy atom. The van der Waals surface area contributed by atoms with Crippen molar-refractivity contribution in [1.29, 1.82) is 0 Å². The number of esters is 1. The van der Waals surface area contributed by atoms with Gasteiger partial charge >= 0.3 is 5.97 Å². The average Bonchev–Trinajstić information content (AvgIpc) is 2.62. The van der Waals surface area contributed by atoms with Gasteiger partial charge in [0, 0.05) is 6.42 Å². The maximum Gasteiger partial charge on any atom is 0.305 e. The molecule has 2 N–H and O–H groups in total. The molecule has 4 nitrogen and oxygen atoms in total. The molecule has 0 aromatic carbocycles. The Labute approximate surface area is 154 Å². The highest BCUT2D eigenvalue weighted by molar-refractivity contribution is 5.69. The number of hydrogen-bond acceptors (Lipinski definition) is 4. The van der Waals surface area contributed by atoms with Crippen molar-refractivity contribution in [3.05, 3.63) is 12.2 Å². The summed E-state index contributed by atoms with van der Waals surface area (Å²) in [5.41, 5.74) is 0. The molecule has 0 bridgehead atoms. The molecule has 0 aromatic heterocycles. The number of hydrogen-bond donors (Lipinski definition) is 2. The molecule has 0 aliphatic carbocycles. The van der Waals surface area contributed by atoms with Crippen molar-refractivity contribution in [3.63, 3.8) is 0 Å². The van der Waals surface area contributed by atoms with Gasteiger partial charge in [-0.1, -0.05) is 70.4 Å². The third kappa shape index (κ3) is 19.3. The fourth-order valence-corrected chi connectivity index (χ4v) is 2.65. The summed E-state index contributed by atoms with van der Waals surface area (Å²) in [4.78, 5) is 11.4. The molecule has 0 aliphatic heterocycles. The maximum absolute atomic E-state index is 11.4. The molecule has 0 amide bonds. The molecule has 0 saturated carbocycles. The molecule has 0 radical (unpaired) electrons. The molecule has 0 saturated heterocycles. The number of unbranched alkanes of at least 4 members (excludes halogenated alkanes) is 11. The first-order chi connectivity index (χ1) is 12.2. The lowest BCUT2D eigenvalue weighted by Gasteiger charge is -2.08. The van der Waals surface area contributed by atoms with Gasteiger partial charge in [0.25, 0.3) is 0 Å². The summed E-state index contributed by atoms with van der Waals surface area (Å²) in [6, 6.07) is 0. The summed E-state index contributed by atoms with van der Waals surface area (Å²) in [5.74, 6) is -0.287. The molecule has 0 aliphatic rings. The molecular weight excluding hydrogens is 316 g/mol. The summed E-state index contributed by atoms with van der Waals surface area (Å²) in [6.07, 6.45) is 20.1. The van der Waals surface area contributed by atoms with Crippen LogP contribution in [0.25, 0.3) is 0 Å². The van der Waals surface area contributed by atoms with Gasteiger partial charge < -0.3 is 14.9 Å². The van der Waals surface area contributed by atoms with E-state index in [9.17, 15) is 4.79 Å². The van der Waals surface area contributed by atoms with Crippen molar-refractivity contribution in [2.45, 2.75) is 103 Å². The highest BCUT2D eigenvalue weighted by atomic mass is 16.5. The molecule has 0 rings (SSSR count). The predicted octanol–water partition coefficient (Wildman–Crippen LogP) is 4.92. The van der Waals surface area contributed by atoms with Gasteiger partial charge in [0.15, 0.2) is 0 Å². The molecule has 0 unspecified atom stereocenters. The molecule has 0 aromatic rings. The quantitative estimate of drug-likeness (QED) is 0.208. The minimum absolute atomic E-state index is 0.111. The molecule has 4 heteroatoms. The number of carbonyl (C=O) groups excluding carboxylic acids is 1. The first-order valence-electron chi connectivity index (χ1n) is 10.3. The van der Waals surface area contributed by atoms with E-state index < -0.39 is 6.10 Å². The summed E-state index contributed by atoms with van der Waals surface area (Å²) in [7, 11) is 0. The number of carbonyl (C=O) groups is 1. The van der Waals surface area contributed by atoms with Crippen LogP contribution in [0.3, 0.4) is 0 Å². The van der Waals surface area contributed by atoms with Crippen molar-refractivity contribution in [2.75, 3.05) is 13.2 Å². The van der Waals surface area contributed by atoms with Gasteiger partial charge in [-0.3, -0.25) is 4.79 Å². The number of ether oxygens (including phenoxy) is 1. The third-order valence-electron chi connectivity index (χ3n) is 4.29. The second-order valence-electron chi connectivity index (χ2n) is 6.85. The largest absolute Gasteiger partial charge is 0.463 e. The zero-order valence-electron chi connectivity index (χ0n) is 16.3. The Kier molecular flexibility index (Phi) is 18.8. The third-order valence-corrected chi connectivity index (χ3v) is 4.29. The van der Waals surface area contributed by atoms with Crippen LogP contribution in [0.1, 0.15) is 96.8 Å². The number of aliphatic hydroxyl groups is 2. The zero-order valence-corrected chi connectivity index (χ0v) is 16.3. The van der Waals surface area contributed by atoms with Crippen molar-refractivity contribution in [2.24, 2.45) is 0 Å². The first-order valence-corrected chi connectivity index (χ1v) is 10.3. The lowest BCUT2D eigenvalue weighted by atomic mass is 10.1. The lowest BCUT2D eigenvalue weighted by Crippen LogP contribution is -2.21. The van der Waals surface area contributed by atoms with Crippen LogP contribution >= 0.6 is 0 Å². The lowest BCUT2D eigenvalue weighted by molar-refractivity contribution is -0.147. The van der Waals surface area contributed by atoms with Crippen LogP contribution < -0.4 is 0 Å². The molecule has 0 heterocycles. The molecule has 148 valence electrons. The Bertz CT molecular complexity index is 315. The van der Waals surface area contributed by atoms with E-state index in [0.717, 1.165) is 25.7 Å². The summed E-state index contributed by atoms with van der Waals surface area (Å²) in [6.45, 7) is 1.77. The van der Waals surface area contributed by atoms with Gasteiger partial charge in [0.2, 0.25) is 0 Å². The number of rotatable bonds is 18. The topological polar surface area (TPSA) is 66.8 Å². The molecule has 25 heavy (non-hydrogen) atoms. The fourth-order valence-electron chi connectivity index (χ4n) is 2.65. The van der Waals surface area contributed by atoms with Crippen molar-refractivity contribution in [3.8, 4) is 0 Å². The Hall–Kier alpha value is -0.870. The van der Waals surface area contributed by atoms with Crippen LogP contribution in [0.4, 0.5) is 0 Å². The Morgan fingerprint density at radius 3 is 1.96 bits per heavy atom. The van der Waals surface area contributed by atoms with Gasteiger partial charge in [0.1, 0.15) is 12.7 Å². The minimum Gasteiger partial charge on any atom is -0.463 e. The second-order valence-corrected chi connectivity index (χ2v) is 6.85. The van der Waals surface area contributed by atoms with Gasteiger partial charge in [-0.2, -0.15) is 0 Å². The van der Waals surface area contributed by atoms with E-state index in [-0.39, 0.29) is 19.2 Å². The minimum atomic E-state index is -0.960. The number of aliphatic hydroxyl groups excluding tert-OH is 2. The predicted molar refractivity (Wildman–Crippen MR) is 104 cm³/mol. The van der Waals surface area contributed by atoms with Gasteiger partial charge in [0.05, 0.1) is 6.61 Å². The van der Waals surface area contributed by atoms with Crippen molar-refractivity contribution < 1.29 is 19.7 Å². The fraction of sp³-hybridized carbons (Fsp3) is 0.857. The van der Waals surface area contributed by atoms with Gasteiger partial charge in [-0.05, 0) is 32.1 Å². The second kappa shape index (κ2) is 19.5. The highest BCUT2D eigenvalue weighted by Gasteiger charge is 2.07. The Morgan fingerprint density at radius 2 is 1.40 bits per heavy atom. The van der Waals surface area contributed by atoms with E-state index in [1.54, 1.807) is 0 Å². The highest BCUT2D eigenvalue weighted by Crippen LogP contribution is 2.10. The maximum atomic E-state index is 11.4. The van der Waals surface area contributed by atoms with E-state index in [1.807, 2.05) is 0 Å². The van der Waals surface area contributed by atoms with Crippen LogP contribution in [0, 0.1) is 0 Å². The van der Waals surface area contributed by atoms with Crippen LogP contribution in [0.5, 0.6) is 0 Å². The zero-order chi connectivity index (χ0) is 18.6. The van der Waals surface area contributed by atoms with E-state index in [0.29, 0.717) is 6.42 Å². The standard InChI is InChI=1S/C21H40O4/c1-2-3-4-5-6-7-8-9-10-11-12-13-14-15-16-17-21(24)25-19-20(23)18-22/h9-10,20,22-23H,2-8,11-19H2,1H3/b10-9-/t20-/m0/s1. The summed E-state index contributed by atoms with van der Waals surface area (Å²) < 4.78 is 4.86. The van der Waals surface area contributed by atoms with Crippen LogP contribution in [-0.4, -0.2) is 35.5 Å². The van der Waals surface area contributed by atoms with E-state index in [4.69, 9.17) is 14.9 Å². The smallest absolute Gasteiger partial charge is 0.305 e. The van der Waals surface area contributed by atoms with Gasteiger partial charge in [-0.25, -0.2) is 0 Å². The molecule has 1 atom stereocenters. The number of allylic oxidation sites excluding steroid dienone is 2. The normalized spacial score (nSPS) is 12.6. The van der Waals surface area contributed by atoms with E-state index >= 15 is 0 Å². The summed E-state index contributed by atoms with van der Waals surface area (Å²) in [5, 5.41) is 17.7. The molecular formula is C21H40O4. The van der Waals surface area contributed by atoms with Crippen molar-refractivity contribution in [1.82, 2.24) is 0 Å². The van der Waals surface area contributed by atoms with Gasteiger partial charge in [-0.15, -0.1) is 0 Å². The monoisotopic (exact) mass is 356 g/mol. The SMILES string of the molecule is CCCCCCCC/C=C\CCCCCCCC(=O)OC[C@@H](O)CO. The van der Waals surface area contributed by atoms with E-state index in [2.05, 4.69) is 19.1 Å². The average molecular weight is 357 g/mol. The van der Waals surface area contributed by atoms with Crippen molar-refractivity contribution >= 4 is 5.97 Å². The molecule has 0 fully saturated rings. The van der Waals surface area contributed by atoms with Crippen LogP contribution in [-0.2, 0) is 9.53 Å². The van der Waals surface area contributed by atoms with E-state index in [1.165, 1.54) is 57.8 Å².